The summed E-state index contributed by atoms with van der Waals surface area (Å²) in [6.07, 6.45) is 0.943. The number of alkyl halides is 1. The third kappa shape index (κ3) is 2.08. The van der Waals surface area contributed by atoms with E-state index in [9.17, 15) is 4.79 Å². The maximum absolute atomic E-state index is 12.0. The van der Waals surface area contributed by atoms with Crippen LogP contribution in [0.2, 0.25) is 0 Å². The van der Waals surface area contributed by atoms with Gasteiger partial charge in [0.1, 0.15) is 5.69 Å². The predicted octanol–water partition coefficient (Wildman–Crippen LogP) is 2.93. The number of nitrogens with zero attached hydrogens (tertiary/aromatic N) is 1. The van der Waals surface area contributed by atoms with Gasteiger partial charge in [0.05, 0.1) is 11.6 Å². The van der Waals surface area contributed by atoms with Crippen LogP contribution in [-0.2, 0) is 6.42 Å². The van der Waals surface area contributed by atoms with Gasteiger partial charge in [-0.3, -0.25) is 4.79 Å². The van der Waals surface area contributed by atoms with Crippen LogP contribution in [0.1, 0.15) is 27.7 Å². The van der Waals surface area contributed by atoms with Gasteiger partial charge in [0.2, 0.25) is 0 Å². The third-order valence-corrected chi connectivity index (χ3v) is 4.56. The lowest BCUT2D eigenvalue weighted by atomic mass is 10.1. The van der Waals surface area contributed by atoms with Gasteiger partial charge >= 0.3 is 0 Å². The number of hydrogen-bond acceptors (Lipinski definition) is 3. The van der Waals surface area contributed by atoms with E-state index in [1.165, 1.54) is 22.5 Å². The lowest BCUT2D eigenvalue weighted by Gasteiger charge is -2.16. The molecule has 0 saturated carbocycles. The molecule has 0 spiro atoms. The zero-order valence-electron chi connectivity index (χ0n) is 9.47. The normalized spacial score (nSPS) is 21.6. The van der Waals surface area contributed by atoms with Crippen molar-refractivity contribution in [3.05, 3.63) is 52.0 Å². The number of fused-ring (bicyclic) bond motifs is 1. The van der Waals surface area contributed by atoms with Gasteiger partial charge in [-0.25, -0.2) is 4.98 Å². The molecular formula is C13H11BrN2OS. The monoisotopic (exact) mass is 322 g/mol. The van der Waals surface area contributed by atoms with E-state index in [-0.39, 0.29) is 16.8 Å². The van der Waals surface area contributed by atoms with Crippen LogP contribution in [0.4, 0.5) is 0 Å². The Bertz CT molecular complexity index is 570. The number of aromatic nitrogens is 1. The second-order valence-corrected chi connectivity index (χ2v) is 6.14. The van der Waals surface area contributed by atoms with Crippen molar-refractivity contribution in [1.29, 1.82) is 0 Å². The van der Waals surface area contributed by atoms with Gasteiger partial charge in [-0.2, -0.15) is 0 Å². The molecule has 0 radical (unpaired) electrons. The van der Waals surface area contributed by atoms with Gasteiger partial charge in [-0.05, 0) is 17.5 Å². The highest BCUT2D eigenvalue weighted by atomic mass is 79.9. The zero-order chi connectivity index (χ0) is 12.5. The van der Waals surface area contributed by atoms with Gasteiger partial charge < -0.3 is 5.32 Å². The summed E-state index contributed by atoms with van der Waals surface area (Å²) in [6.45, 7) is 0. The summed E-state index contributed by atoms with van der Waals surface area (Å²) < 4.78 is 0. The van der Waals surface area contributed by atoms with Crippen LogP contribution in [0, 0.1) is 0 Å². The SMILES string of the molecule is O=C(NC1c2ccccc2CC1Br)c1cscn1. The summed E-state index contributed by atoms with van der Waals surface area (Å²) in [7, 11) is 0. The minimum atomic E-state index is -0.109. The molecular weight excluding hydrogens is 312 g/mol. The van der Waals surface area contributed by atoms with Crippen LogP contribution >= 0.6 is 27.3 Å². The molecule has 1 aromatic heterocycles. The zero-order valence-corrected chi connectivity index (χ0v) is 11.9. The largest absolute Gasteiger partial charge is 0.343 e. The lowest BCUT2D eigenvalue weighted by molar-refractivity contribution is 0.0933. The summed E-state index contributed by atoms with van der Waals surface area (Å²) in [5, 5.41) is 4.81. The fraction of sp³-hybridized carbons (Fsp3) is 0.231. The molecule has 18 heavy (non-hydrogen) atoms. The van der Waals surface area contributed by atoms with E-state index in [2.05, 4.69) is 38.4 Å². The molecule has 0 fully saturated rings. The summed E-state index contributed by atoms with van der Waals surface area (Å²) in [5.41, 5.74) is 4.65. The number of hydrogen-bond donors (Lipinski definition) is 1. The van der Waals surface area contributed by atoms with E-state index in [1.807, 2.05) is 12.1 Å². The van der Waals surface area contributed by atoms with Crippen LogP contribution in [0.25, 0.3) is 0 Å². The molecule has 2 unspecified atom stereocenters. The second-order valence-electron chi connectivity index (χ2n) is 4.24. The lowest BCUT2D eigenvalue weighted by Crippen LogP contribution is -2.31. The number of carbonyl (C=O) groups is 1. The minimum Gasteiger partial charge on any atom is -0.343 e. The van der Waals surface area contributed by atoms with Crippen molar-refractivity contribution >= 4 is 33.2 Å². The molecule has 1 aromatic carbocycles. The van der Waals surface area contributed by atoms with Gasteiger partial charge in [-0.1, -0.05) is 40.2 Å². The number of rotatable bonds is 2. The van der Waals surface area contributed by atoms with Gasteiger partial charge in [0, 0.05) is 10.2 Å². The highest BCUT2D eigenvalue weighted by Gasteiger charge is 2.31. The van der Waals surface area contributed by atoms with Crippen molar-refractivity contribution in [3.63, 3.8) is 0 Å². The van der Waals surface area contributed by atoms with Crippen molar-refractivity contribution in [3.8, 4) is 0 Å². The second kappa shape index (κ2) is 4.82. The van der Waals surface area contributed by atoms with Crippen molar-refractivity contribution in [2.75, 3.05) is 0 Å². The van der Waals surface area contributed by atoms with Crippen molar-refractivity contribution in [2.24, 2.45) is 0 Å². The Morgan fingerprint density at radius 2 is 2.28 bits per heavy atom. The Labute approximate surface area is 117 Å². The third-order valence-electron chi connectivity index (χ3n) is 3.12. The predicted molar refractivity (Wildman–Crippen MR) is 75.2 cm³/mol. The van der Waals surface area contributed by atoms with Crippen LogP contribution < -0.4 is 5.32 Å². The molecule has 1 N–H and O–H groups in total. The first-order valence-electron chi connectivity index (χ1n) is 5.66. The van der Waals surface area contributed by atoms with E-state index >= 15 is 0 Å². The van der Waals surface area contributed by atoms with Crippen molar-refractivity contribution < 1.29 is 4.79 Å². The van der Waals surface area contributed by atoms with Crippen LogP contribution in [0.5, 0.6) is 0 Å². The number of amides is 1. The first-order chi connectivity index (χ1) is 8.75. The molecule has 1 heterocycles. The molecule has 3 rings (SSSR count). The smallest absolute Gasteiger partial charge is 0.271 e. The highest BCUT2D eigenvalue weighted by Crippen LogP contribution is 2.35. The number of carbonyl (C=O) groups excluding carboxylic acids is 1. The molecule has 0 aliphatic heterocycles. The number of halogens is 1. The van der Waals surface area contributed by atoms with E-state index < -0.39 is 0 Å². The topological polar surface area (TPSA) is 42.0 Å². The average Bonchev–Trinajstić information content (AvgIpc) is 2.98. The van der Waals surface area contributed by atoms with E-state index in [1.54, 1.807) is 10.9 Å². The molecule has 2 aromatic rings. The minimum absolute atomic E-state index is 0.0235. The van der Waals surface area contributed by atoms with Crippen molar-refractivity contribution in [1.82, 2.24) is 10.3 Å². The number of benzene rings is 1. The van der Waals surface area contributed by atoms with E-state index in [0.29, 0.717) is 5.69 Å². The summed E-state index contributed by atoms with van der Waals surface area (Å²) >= 11 is 5.07. The number of thiazole rings is 1. The number of nitrogens with one attached hydrogen (secondary N) is 1. The van der Waals surface area contributed by atoms with Crippen LogP contribution in [0.3, 0.4) is 0 Å². The molecule has 2 atom stereocenters. The van der Waals surface area contributed by atoms with Gasteiger partial charge in [0.25, 0.3) is 5.91 Å². The fourth-order valence-corrected chi connectivity index (χ4v) is 3.55. The van der Waals surface area contributed by atoms with Gasteiger partial charge in [-0.15, -0.1) is 11.3 Å². The summed E-state index contributed by atoms with van der Waals surface area (Å²) in [5.74, 6) is -0.109. The Balaban J connectivity index is 1.83. The van der Waals surface area contributed by atoms with Crippen LogP contribution in [0.15, 0.2) is 35.2 Å². The first-order valence-corrected chi connectivity index (χ1v) is 7.52. The Morgan fingerprint density at radius 3 is 3.06 bits per heavy atom. The standard InChI is InChI=1S/C13H11BrN2OS/c14-10-5-8-3-1-2-4-9(8)12(10)16-13(17)11-6-18-7-15-11/h1-4,6-7,10,12H,5H2,(H,16,17). The Kier molecular flexibility index (Phi) is 3.18. The highest BCUT2D eigenvalue weighted by molar-refractivity contribution is 9.09. The van der Waals surface area contributed by atoms with E-state index in [0.717, 1.165) is 6.42 Å². The maximum Gasteiger partial charge on any atom is 0.271 e. The first kappa shape index (κ1) is 11.9. The molecule has 0 bridgehead atoms. The summed E-state index contributed by atoms with van der Waals surface area (Å²) in [6, 6.07) is 8.24. The van der Waals surface area contributed by atoms with E-state index in [4.69, 9.17) is 0 Å². The van der Waals surface area contributed by atoms with Crippen LogP contribution in [-0.4, -0.2) is 15.7 Å². The molecule has 1 amide bonds. The summed E-state index contributed by atoms with van der Waals surface area (Å²) in [4.78, 5) is 16.3. The molecule has 0 saturated heterocycles. The maximum atomic E-state index is 12.0. The fourth-order valence-electron chi connectivity index (χ4n) is 2.25. The molecule has 3 nitrogen and oxygen atoms in total. The molecule has 1 aliphatic carbocycles. The molecule has 1 aliphatic rings. The van der Waals surface area contributed by atoms with Gasteiger partial charge in [0.15, 0.2) is 0 Å². The molecule has 5 heteroatoms. The Hall–Kier alpha value is -1.20. The quantitative estimate of drug-likeness (QED) is 0.864. The average molecular weight is 323 g/mol. The van der Waals surface area contributed by atoms with Crippen molar-refractivity contribution in [2.45, 2.75) is 17.3 Å². The Morgan fingerprint density at radius 1 is 1.44 bits per heavy atom. The molecule has 92 valence electrons.